The van der Waals surface area contributed by atoms with Crippen LogP contribution in [0.3, 0.4) is 0 Å². The predicted octanol–water partition coefficient (Wildman–Crippen LogP) is 7.32. The molecule has 0 unspecified atom stereocenters. The number of ether oxygens (including phenoxy) is 2. The van der Waals surface area contributed by atoms with E-state index in [0.29, 0.717) is 32.7 Å². The molecule has 7 nitrogen and oxygen atoms in total. The minimum atomic E-state index is -0.368. The van der Waals surface area contributed by atoms with E-state index in [4.69, 9.17) is 26.7 Å². The molecule has 0 atom stereocenters. The summed E-state index contributed by atoms with van der Waals surface area (Å²) in [5.41, 5.74) is 4.19. The van der Waals surface area contributed by atoms with Crippen LogP contribution in [0.5, 0.6) is 5.75 Å². The van der Waals surface area contributed by atoms with Gasteiger partial charge in [0, 0.05) is 15.8 Å². The SMILES string of the molecule is CCOC(=O)c1c(NC(=S)NC(=O)c2cc(-c3cccc(OC(C)C)c3)nc3ccccc23)sc2c1CCCCC2. The number of aromatic nitrogens is 1. The van der Waals surface area contributed by atoms with Crippen molar-refractivity contribution in [3.8, 4) is 17.0 Å². The summed E-state index contributed by atoms with van der Waals surface area (Å²) >= 11 is 7.09. The molecule has 9 heteroatoms. The predicted molar refractivity (Wildman–Crippen MR) is 168 cm³/mol. The van der Waals surface area contributed by atoms with Gasteiger partial charge in [0.1, 0.15) is 10.8 Å². The van der Waals surface area contributed by atoms with E-state index in [9.17, 15) is 9.59 Å². The summed E-state index contributed by atoms with van der Waals surface area (Å²) in [6, 6.07) is 17.0. The summed E-state index contributed by atoms with van der Waals surface area (Å²) in [5.74, 6) is 0.000280. The Morgan fingerprint density at radius 1 is 1.05 bits per heavy atom. The number of pyridine rings is 1. The summed E-state index contributed by atoms with van der Waals surface area (Å²) in [6.07, 6.45) is 5.03. The van der Waals surface area contributed by atoms with Crippen LogP contribution >= 0.6 is 23.6 Å². The molecule has 1 aliphatic carbocycles. The van der Waals surface area contributed by atoms with Crippen molar-refractivity contribution in [2.24, 2.45) is 0 Å². The molecular formula is C32H33N3O4S2. The second-order valence-corrected chi connectivity index (χ2v) is 11.7. The molecule has 0 aliphatic heterocycles. The zero-order chi connectivity index (χ0) is 28.9. The Bertz CT molecular complexity index is 1610. The lowest BCUT2D eigenvalue weighted by atomic mass is 10.0. The van der Waals surface area contributed by atoms with E-state index in [1.54, 1.807) is 13.0 Å². The van der Waals surface area contributed by atoms with Gasteiger partial charge in [-0.3, -0.25) is 10.1 Å². The third-order valence-electron chi connectivity index (χ3n) is 6.82. The number of rotatable bonds is 7. The molecular weight excluding hydrogens is 555 g/mol. The number of hydrogen-bond acceptors (Lipinski definition) is 7. The minimum Gasteiger partial charge on any atom is -0.491 e. The zero-order valence-electron chi connectivity index (χ0n) is 23.4. The maximum absolute atomic E-state index is 13.6. The van der Waals surface area contributed by atoms with E-state index in [-0.39, 0.29) is 29.7 Å². The maximum atomic E-state index is 13.6. The highest BCUT2D eigenvalue weighted by molar-refractivity contribution is 7.80. The number of carbonyl (C=O) groups excluding carboxylic acids is 2. The van der Waals surface area contributed by atoms with Gasteiger partial charge < -0.3 is 14.8 Å². The van der Waals surface area contributed by atoms with Crippen LogP contribution in [0.4, 0.5) is 5.00 Å². The molecule has 1 amide bonds. The normalized spacial score (nSPS) is 12.9. The van der Waals surface area contributed by atoms with Crippen molar-refractivity contribution in [2.45, 2.75) is 59.0 Å². The molecule has 1 aliphatic rings. The fourth-order valence-corrected chi connectivity index (χ4v) is 6.61. The van der Waals surface area contributed by atoms with Crippen LogP contribution in [0.1, 0.15) is 71.2 Å². The first-order valence-corrected chi connectivity index (χ1v) is 15.2. The van der Waals surface area contributed by atoms with Crippen LogP contribution in [-0.2, 0) is 17.6 Å². The lowest BCUT2D eigenvalue weighted by Gasteiger charge is -2.14. The summed E-state index contributed by atoms with van der Waals surface area (Å²) < 4.78 is 11.2. The van der Waals surface area contributed by atoms with Crippen LogP contribution in [-0.4, -0.2) is 34.7 Å². The average molecular weight is 588 g/mol. The van der Waals surface area contributed by atoms with Crippen LogP contribution in [0.2, 0.25) is 0 Å². The molecule has 4 aromatic rings. The van der Waals surface area contributed by atoms with Crippen molar-refractivity contribution in [3.63, 3.8) is 0 Å². The van der Waals surface area contributed by atoms with Gasteiger partial charge >= 0.3 is 5.97 Å². The van der Waals surface area contributed by atoms with Gasteiger partial charge in [-0.1, -0.05) is 36.8 Å². The largest absolute Gasteiger partial charge is 0.491 e. The van der Waals surface area contributed by atoms with Gasteiger partial charge in [0.25, 0.3) is 5.91 Å². The molecule has 0 spiro atoms. The number of anilines is 1. The van der Waals surface area contributed by atoms with E-state index in [1.165, 1.54) is 16.2 Å². The molecule has 5 rings (SSSR count). The van der Waals surface area contributed by atoms with Crippen molar-refractivity contribution in [1.29, 1.82) is 0 Å². The molecule has 0 bridgehead atoms. The Morgan fingerprint density at radius 2 is 1.85 bits per heavy atom. The summed E-state index contributed by atoms with van der Waals surface area (Å²) in [5, 5.41) is 7.40. The smallest absolute Gasteiger partial charge is 0.341 e. The van der Waals surface area contributed by atoms with E-state index >= 15 is 0 Å². The quantitative estimate of drug-likeness (QED) is 0.133. The highest BCUT2D eigenvalue weighted by Gasteiger charge is 2.26. The molecule has 0 fully saturated rings. The number of benzene rings is 2. The third-order valence-corrected chi connectivity index (χ3v) is 8.23. The van der Waals surface area contributed by atoms with Crippen LogP contribution in [0.15, 0.2) is 54.6 Å². The van der Waals surface area contributed by atoms with Gasteiger partial charge in [-0.2, -0.15) is 0 Å². The lowest BCUT2D eigenvalue weighted by molar-refractivity contribution is 0.0526. The number of nitrogens with zero attached hydrogens (tertiary/aromatic N) is 1. The molecule has 0 radical (unpaired) electrons. The molecule has 0 saturated carbocycles. The molecule has 2 aromatic carbocycles. The molecule has 41 heavy (non-hydrogen) atoms. The van der Waals surface area contributed by atoms with Crippen molar-refractivity contribution in [3.05, 3.63) is 76.2 Å². The number of esters is 1. The van der Waals surface area contributed by atoms with Gasteiger partial charge in [0.05, 0.1) is 35.0 Å². The number of fused-ring (bicyclic) bond motifs is 2. The first-order chi connectivity index (χ1) is 19.8. The van der Waals surface area contributed by atoms with E-state index in [0.717, 1.165) is 49.0 Å². The number of amides is 1. The third kappa shape index (κ3) is 6.57. The number of carbonyl (C=O) groups is 2. The van der Waals surface area contributed by atoms with Crippen molar-refractivity contribution in [2.75, 3.05) is 11.9 Å². The molecule has 0 saturated heterocycles. The number of nitrogens with one attached hydrogen (secondary N) is 2. The average Bonchev–Trinajstić information content (AvgIpc) is 3.11. The van der Waals surface area contributed by atoms with E-state index in [1.807, 2.05) is 62.4 Å². The number of aryl methyl sites for hydroxylation is 1. The first-order valence-electron chi connectivity index (χ1n) is 13.9. The first kappa shape index (κ1) is 28.7. The van der Waals surface area contributed by atoms with Gasteiger partial charge in [-0.15, -0.1) is 11.3 Å². The Hall–Kier alpha value is -3.82. The molecule has 2 N–H and O–H groups in total. The number of thiophene rings is 1. The Morgan fingerprint density at radius 3 is 2.66 bits per heavy atom. The second kappa shape index (κ2) is 12.8. The standard InChI is InChI=1S/C32H33N3O4S2/c1-4-38-31(37)28-23-14-6-5-7-16-27(23)41-30(28)35-32(40)34-29(36)24-18-26(33-25-15-9-8-13-22(24)25)20-11-10-12-21(17-20)39-19(2)3/h8-13,15,17-19H,4-7,14,16H2,1-3H3,(H2,34,35,36,40). The van der Waals surface area contributed by atoms with Crippen LogP contribution in [0.25, 0.3) is 22.2 Å². The Balaban J connectivity index is 1.43. The topological polar surface area (TPSA) is 89.6 Å². The minimum absolute atomic E-state index is 0.0346. The van der Waals surface area contributed by atoms with E-state index < -0.39 is 0 Å². The Kier molecular flexibility index (Phi) is 8.95. The highest BCUT2D eigenvalue weighted by atomic mass is 32.1. The number of para-hydroxylation sites is 1. The molecule has 2 heterocycles. The second-order valence-electron chi connectivity index (χ2n) is 10.2. The fourth-order valence-electron chi connectivity index (χ4n) is 5.07. The Labute approximate surface area is 249 Å². The number of hydrogen-bond donors (Lipinski definition) is 2. The highest BCUT2D eigenvalue weighted by Crippen LogP contribution is 2.38. The maximum Gasteiger partial charge on any atom is 0.341 e. The van der Waals surface area contributed by atoms with E-state index in [2.05, 4.69) is 10.6 Å². The number of thiocarbonyl (C=S) groups is 1. The van der Waals surface area contributed by atoms with Crippen LogP contribution in [0, 0.1) is 0 Å². The molecule has 2 aromatic heterocycles. The monoisotopic (exact) mass is 587 g/mol. The van der Waals surface area contributed by atoms with Gasteiger partial charge in [-0.05, 0) is 88.5 Å². The lowest BCUT2D eigenvalue weighted by Crippen LogP contribution is -2.34. The van der Waals surface area contributed by atoms with Crippen molar-refractivity contribution >= 4 is 56.4 Å². The van der Waals surface area contributed by atoms with Gasteiger partial charge in [0.15, 0.2) is 5.11 Å². The van der Waals surface area contributed by atoms with Crippen molar-refractivity contribution in [1.82, 2.24) is 10.3 Å². The van der Waals surface area contributed by atoms with Gasteiger partial charge in [0.2, 0.25) is 0 Å². The summed E-state index contributed by atoms with van der Waals surface area (Å²) in [6.45, 7) is 6.03. The zero-order valence-corrected chi connectivity index (χ0v) is 25.0. The summed E-state index contributed by atoms with van der Waals surface area (Å²) in [4.78, 5) is 32.6. The molecule has 212 valence electrons. The summed E-state index contributed by atoms with van der Waals surface area (Å²) in [7, 11) is 0. The van der Waals surface area contributed by atoms with Crippen LogP contribution < -0.4 is 15.4 Å². The van der Waals surface area contributed by atoms with Gasteiger partial charge in [-0.25, -0.2) is 9.78 Å². The van der Waals surface area contributed by atoms with Crippen molar-refractivity contribution < 1.29 is 19.1 Å². The fraction of sp³-hybridized carbons (Fsp3) is 0.312.